The maximum absolute atomic E-state index is 5.91. The van der Waals surface area contributed by atoms with Crippen LogP contribution in [-0.2, 0) is 13.2 Å². The monoisotopic (exact) mass is 288 g/mol. The maximum atomic E-state index is 5.91. The average molecular weight is 288 g/mol. The second-order valence-electron chi connectivity index (χ2n) is 4.44. The van der Waals surface area contributed by atoms with Gasteiger partial charge < -0.3 is 19.5 Å². The first-order valence-electron chi connectivity index (χ1n) is 6.71. The van der Waals surface area contributed by atoms with Crippen molar-refractivity contribution in [3.05, 3.63) is 47.7 Å². The quantitative estimate of drug-likeness (QED) is 0.848. The summed E-state index contributed by atoms with van der Waals surface area (Å²) in [5.41, 5.74) is 1.84. The van der Waals surface area contributed by atoms with Crippen LogP contribution in [0.3, 0.4) is 0 Å². The molecule has 0 amide bonds. The second-order valence-corrected chi connectivity index (χ2v) is 4.44. The Hall–Kier alpha value is -2.27. The number of aromatic nitrogens is 1. The summed E-state index contributed by atoms with van der Waals surface area (Å²) >= 11 is 0. The van der Waals surface area contributed by atoms with E-state index in [1.165, 1.54) is 0 Å². The first-order chi connectivity index (χ1) is 10.3. The molecular weight excluding hydrogens is 268 g/mol. The van der Waals surface area contributed by atoms with Gasteiger partial charge in [-0.15, -0.1) is 0 Å². The van der Waals surface area contributed by atoms with Crippen molar-refractivity contribution in [2.75, 3.05) is 21.3 Å². The first-order valence-corrected chi connectivity index (χ1v) is 6.71. The Balaban J connectivity index is 2.18. The van der Waals surface area contributed by atoms with Crippen LogP contribution in [0.25, 0.3) is 0 Å². The summed E-state index contributed by atoms with van der Waals surface area (Å²) < 4.78 is 16.4. The van der Waals surface area contributed by atoms with E-state index in [0.717, 1.165) is 17.0 Å². The highest BCUT2D eigenvalue weighted by Gasteiger charge is 2.10. The van der Waals surface area contributed by atoms with Crippen molar-refractivity contribution in [1.82, 2.24) is 10.3 Å². The molecule has 0 saturated heterocycles. The zero-order valence-electron chi connectivity index (χ0n) is 12.6. The van der Waals surface area contributed by atoms with Gasteiger partial charge >= 0.3 is 0 Å². The minimum Gasteiger partial charge on any atom is -0.493 e. The van der Waals surface area contributed by atoms with Gasteiger partial charge in [-0.3, -0.25) is 0 Å². The summed E-state index contributed by atoms with van der Waals surface area (Å²) in [6.07, 6.45) is 0. The van der Waals surface area contributed by atoms with Crippen LogP contribution in [0.2, 0.25) is 0 Å². The van der Waals surface area contributed by atoms with Crippen molar-refractivity contribution in [2.45, 2.75) is 13.2 Å². The van der Waals surface area contributed by atoms with E-state index < -0.39 is 0 Å². The van der Waals surface area contributed by atoms with Crippen molar-refractivity contribution in [1.29, 1.82) is 0 Å². The lowest BCUT2D eigenvalue weighted by molar-refractivity contribution is 0.275. The minimum absolute atomic E-state index is 0.355. The molecule has 1 heterocycles. The number of pyridine rings is 1. The molecule has 2 aromatic rings. The number of ether oxygens (including phenoxy) is 3. The summed E-state index contributed by atoms with van der Waals surface area (Å²) in [4.78, 5) is 4.33. The highest BCUT2D eigenvalue weighted by molar-refractivity contribution is 5.46. The van der Waals surface area contributed by atoms with Gasteiger partial charge in [0.25, 0.3) is 0 Å². The van der Waals surface area contributed by atoms with Gasteiger partial charge in [0, 0.05) is 18.2 Å². The third-order valence-electron chi connectivity index (χ3n) is 3.00. The Bertz CT molecular complexity index is 587. The van der Waals surface area contributed by atoms with Crippen LogP contribution < -0.4 is 19.5 Å². The fraction of sp³-hybridized carbons (Fsp3) is 0.312. The molecule has 0 radical (unpaired) electrons. The number of benzene rings is 1. The van der Waals surface area contributed by atoms with Crippen molar-refractivity contribution < 1.29 is 14.2 Å². The van der Waals surface area contributed by atoms with Gasteiger partial charge in [0.05, 0.1) is 19.9 Å². The fourth-order valence-electron chi connectivity index (χ4n) is 2.01. The Kier molecular flexibility index (Phi) is 5.40. The number of hydrogen-bond acceptors (Lipinski definition) is 5. The number of hydrogen-bond donors (Lipinski definition) is 1. The lowest BCUT2D eigenvalue weighted by Crippen LogP contribution is -2.09. The molecule has 0 aliphatic carbocycles. The molecule has 0 aliphatic rings. The molecule has 1 aromatic heterocycles. The van der Waals surface area contributed by atoms with Gasteiger partial charge in [-0.05, 0) is 19.2 Å². The first kappa shape index (κ1) is 15.1. The molecule has 112 valence electrons. The normalized spacial score (nSPS) is 10.2. The minimum atomic E-state index is 0.355. The summed E-state index contributed by atoms with van der Waals surface area (Å²) in [5.74, 6) is 2.02. The predicted molar refractivity (Wildman–Crippen MR) is 80.9 cm³/mol. The molecular formula is C16H20N2O3. The van der Waals surface area contributed by atoms with Crippen LogP contribution in [0, 0.1) is 0 Å². The smallest absolute Gasteiger partial charge is 0.213 e. The van der Waals surface area contributed by atoms with E-state index in [1.807, 2.05) is 37.4 Å². The molecule has 0 bridgehead atoms. The summed E-state index contributed by atoms with van der Waals surface area (Å²) in [7, 11) is 5.13. The molecule has 0 atom stereocenters. The van der Waals surface area contributed by atoms with Gasteiger partial charge in [0.1, 0.15) is 6.61 Å². The molecule has 1 aromatic carbocycles. The van der Waals surface area contributed by atoms with Gasteiger partial charge in [-0.2, -0.15) is 0 Å². The highest BCUT2D eigenvalue weighted by atomic mass is 16.5. The summed E-state index contributed by atoms with van der Waals surface area (Å²) in [6.45, 7) is 1.06. The lowest BCUT2D eigenvalue weighted by Gasteiger charge is -2.15. The average Bonchev–Trinajstić information content (AvgIpc) is 2.54. The lowest BCUT2D eigenvalue weighted by atomic mass is 10.2. The van der Waals surface area contributed by atoms with E-state index >= 15 is 0 Å². The van der Waals surface area contributed by atoms with Crippen LogP contribution in [-0.4, -0.2) is 26.3 Å². The number of methoxy groups -OCH3 is 2. The predicted octanol–water partition coefficient (Wildman–Crippen LogP) is 2.40. The number of rotatable bonds is 7. The van der Waals surface area contributed by atoms with Gasteiger partial charge in [0.15, 0.2) is 11.5 Å². The van der Waals surface area contributed by atoms with E-state index in [2.05, 4.69) is 10.3 Å². The number of nitrogens with one attached hydrogen (secondary N) is 1. The van der Waals surface area contributed by atoms with Crippen molar-refractivity contribution in [3.63, 3.8) is 0 Å². The molecule has 21 heavy (non-hydrogen) atoms. The topological polar surface area (TPSA) is 52.6 Å². The van der Waals surface area contributed by atoms with E-state index in [1.54, 1.807) is 20.3 Å². The molecule has 5 nitrogen and oxygen atoms in total. The van der Waals surface area contributed by atoms with Gasteiger partial charge in [-0.25, -0.2) is 4.98 Å². The number of para-hydroxylation sites is 1. The molecule has 0 spiro atoms. The zero-order valence-corrected chi connectivity index (χ0v) is 12.6. The Morgan fingerprint density at radius 1 is 1.05 bits per heavy atom. The van der Waals surface area contributed by atoms with Gasteiger partial charge in [-0.1, -0.05) is 18.2 Å². The van der Waals surface area contributed by atoms with Crippen molar-refractivity contribution in [2.24, 2.45) is 0 Å². The van der Waals surface area contributed by atoms with Crippen LogP contribution in [0.15, 0.2) is 36.4 Å². The molecule has 0 aliphatic heterocycles. The SMILES string of the molecule is CNCc1cccc(OC)c1OCc1cccc(OC)n1. The van der Waals surface area contributed by atoms with E-state index in [-0.39, 0.29) is 0 Å². The number of nitrogens with zero attached hydrogens (tertiary/aromatic N) is 1. The van der Waals surface area contributed by atoms with E-state index in [4.69, 9.17) is 14.2 Å². The van der Waals surface area contributed by atoms with Crippen molar-refractivity contribution in [3.8, 4) is 17.4 Å². The molecule has 1 N–H and O–H groups in total. The molecule has 0 fully saturated rings. The maximum Gasteiger partial charge on any atom is 0.213 e. The molecule has 2 rings (SSSR count). The molecule has 0 unspecified atom stereocenters. The van der Waals surface area contributed by atoms with Crippen LogP contribution in [0.5, 0.6) is 17.4 Å². The van der Waals surface area contributed by atoms with Crippen LogP contribution >= 0.6 is 0 Å². The third-order valence-corrected chi connectivity index (χ3v) is 3.00. The zero-order chi connectivity index (χ0) is 15.1. The summed E-state index contributed by atoms with van der Waals surface area (Å²) in [5, 5.41) is 3.12. The fourth-order valence-corrected chi connectivity index (χ4v) is 2.01. The third kappa shape index (κ3) is 3.86. The van der Waals surface area contributed by atoms with Crippen molar-refractivity contribution >= 4 is 0 Å². The van der Waals surface area contributed by atoms with Crippen LogP contribution in [0.1, 0.15) is 11.3 Å². The van der Waals surface area contributed by atoms with Crippen LogP contribution in [0.4, 0.5) is 0 Å². The summed E-state index contributed by atoms with van der Waals surface area (Å²) in [6, 6.07) is 11.4. The Labute approximate surface area is 124 Å². The molecule has 0 saturated carbocycles. The highest BCUT2D eigenvalue weighted by Crippen LogP contribution is 2.31. The molecule has 5 heteroatoms. The largest absolute Gasteiger partial charge is 0.493 e. The van der Waals surface area contributed by atoms with Gasteiger partial charge in [0.2, 0.25) is 5.88 Å². The van der Waals surface area contributed by atoms with E-state index in [0.29, 0.717) is 24.8 Å². The Morgan fingerprint density at radius 3 is 2.57 bits per heavy atom. The second kappa shape index (κ2) is 7.50. The standard InChI is InChI=1S/C16H20N2O3/c1-17-10-12-6-4-8-14(19-2)16(12)21-11-13-7-5-9-15(18-13)20-3/h4-9,17H,10-11H2,1-3H3. The Morgan fingerprint density at radius 2 is 1.86 bits per heavy atom. The van der Waals surface area contributed by atoms with E-state index in [9.17, 15) is 0 Å².